The first-order valence-corrected chi connectivity index (χ1v) is 10.5. The number of aromatic nitrogens is 2. The summed E-state index contributed by atoms with van der Waals surface area (Å²) < 4.78 is 2.09. The Hall–Kier alpha value is -1.82. The van der Waals surface area contributed by atoms with Gasteiger partial charge >= 0.3 is 0 Å². The van der Waals surface area contributed by atoms with E-state index in [9.17, 15) is 0 Å². The van der Waals surface area contributed by atoms with Crippen molar-refractivity contribution in [1.29, 1.82) is 0 Å². The number of aromatic amines is 1. The number of aryl methyl sites for hydroxylation is 1. The van der Waals surface area contributed by atoms with Crippen molar-refractivity contribution in [2.24, 2.45) is 0 Å². The van der Waals surface area contributed by atoms with Crippen molar-refractivity contribution in [2.75, 3.05) is 0 Å². The summed E-state index contributed by atoms with van der Waals surface area (Å²) in [5, 5.41) is 0. The zero-order valence-corrected chi connectivity index (χ0v) is 18.6. The van der Waals surface area contributed by atoms with E-state index in [2.05, 4.69) is 98.9 Å². The van der Waals surface area contributed by atoms with Gasteiger partial charge in [-0.15, -0.1) is 12.6 Å². The molecule has 0 aliphatic carbocycles. The molecule has 0 atom stereocenters. The molecule has 27 heavy (non-hydrogen) atoms. The van der Waals surface area contributed by atoms with Crippen LogP contribution >= 0.6 is 44.5 Å². The molecule has 0 bridgehead atoms. The SMILES string of the molecule is Cc1ccc(-c2nc(-c3ccc(Br)cc3)c(-c3ccc(Br)cc3)[nH]2)c(S)c1. The molecule has 0 saturated heterocycles. The summed E-state index contributed by atoms with van der Waals surface area (Å²) in [5.41, 5.74) is 6.23. The van der Waals surface area contributed by atoms with Crippen LogP contribution in [0.25, 0.3) is 33.9 Å². The van der Waals surface area contributed by atoms with E-state index in [1.54, 1.807) is 0 Å². The van der Waals surface area contributed by atoms with Crippen LogP contribution in [-0.4, -0.2) is 9.97 Å². The fraction of sp³-hybridized carbons (Fsp3) is 0.0455. The van der Waals surface area contributed by atoms with Crippen LogP contribution in [0, 0.1) is 6.92 Å². The molecule has 1 aromatic heterocycles. The van der Waals surface area contributed by atoms with Crippen LogP contribution in [0.3, 0.4) is 0 Å². The van der Waals surface area contributed by atoms with Gasteiger partial charge in [0, 0.05) is 30.5 Å². The molecule has 0 radical (unpaired) electrons. The summed E-state index contributed by atoms with van der Waals surface area (Å²) in [5.74, 6) is 0.816. The van der Waals surface area contributed by atoms with Gasteiger partial charge in [-0.2, -0.15) is 0 Å². The lowest BCUT2D eigenvalue weighted by Gasteiger charge is -2.04. The van der Waals surface area contributed by atoms with Crippen molar-refractivity contribution in [1.82, 2.24) is 9.97 Å². The highest BCUT2D eigenvalue weighted by Gasteiger charge is 2.16. The zero-order valence-electron chi connectivity index (χ0n) is 14.5. The fourth-order valence-electron chi connectivity index (χ4n) is 2.98. The van der Waals surface area contributed by atoms with E-state index >= 15 is 0 Å². The molecule has 1 heterocycles. The quantitative estimate of drug-likeness (QED) is 0.280. The van der Waals surface area contributed by atoms with Crippen molar-refractivity contribution < 1.29 is 0 Å². The third-order valence-electron chi connectivity index (χ3n) is 4.36. The number of imidazole rings is 1. The molecule has 1 N–H and O–H groups in total. The van der Waals surface area contributed by atoms with Gasteiger partial charge in [0.05, 0.1) is 11.4 Å². The maximum absolute atomic E-state index is 4.94. The van der Waals surface area contributed by atoms with E-state index < -0.39 is 0 Å². The lowest BCUT2D eigenvalue weighted by molar-refractivity contribution is 1.26. The molecule has 5 heteroatoms. The second-order valence-corrected chi connectivity index (χ2v) is 8.66. The molecule has 0 spiro atoms. The second kappa shape index (κ2) is 7.66. The number of hydrogen-bond donors (Lipinski definition) is 2. The van der Waals surface area contributed by atoms with Crippen LogP contribution in [0.4, 0.5) is 0 Å². The standard InChI is InChI=1S/C22H16Br2N2S/c1-13-2-11-18(19(27)12-13)22-25-20(14-3-7-16(23)8-4-14)21(26-22)15-5-9-17(24)10-6-15/h2-12,27H,1H3,(H,25,26). The summed E-state index contributed by atoms with van der Waals surface area (Å²) in [6.45, 7) is 2.06. The molecular weight excluding hydrogens is 484 g/mol. The van der Waals surface area contributed by atoms with Gasteiger partial charge in [-0.05, 0) is 48.9 Å². The zero-order chi connectivity index (χ0) is 19.0. The van der Waals surface area contributed by atoms with Crippen LogP contribution in [0.15, 0.2) is 80.6 Å². The first kappa shape index (κ1) is 18.5. The number of nitrogens with zero attached hydrogens (tertiary/aromatic N) is 1. The summed E-state index contributed by atoms with van der Waals surface area (Å²) in [6.07, 6.45) is 0. The Morgan fingerprint density at radius 2 is 1.41 bits per heavy atom. The van der Waals surface area contributed by atoms with Crippen molar-refractivity contribution in [3.8, 4) is 33.9 Å². The van der Waals surface area contributed by atoms with Gasteiger partial charge in [-0.1, -0.05) is 62.2 Å². The molecule has 4 aromatic rings. The first-order valence-electron chi connectivity index (χ1n) is 8.43. The predicted molar refractivity (Wildman–Crippen MR) is 122 cm³/mol. The number of H-pyrrole nitrogens is 1. The highest BCUT2D eigenvalue weighted by Crippen LogP contribution is 2.35. The van der Waals surface area contributed by atoms with E-state index in [4.69, 9.17) is 4.98 Å². The van der Waals surface area contributed by atoms with Crippen LogP contribution in [0.2, 0.25) is 0 Å². The molecule has 0 unspecified atom stereocenters. The van der Waals surface area contributed by atoms with Gasteiger partial charge in [0.2, 0.25) is 0 Å². The van der Waals surface area contributed by atoms with Crippen molar-refractivity contribution in [3.63, 3.8) is 0 Å². The van der Waals surface area contributed by atoms with Crippen LogP contribution in [0.5, 0.6) is 0 Å². The minimum Gasteiger partial charge on any atom is -0.337 e. The molecule has 4 rings (SSSR count). The number of benzene rings is 3. The van der Waals surface area contributed by atoms with Gasteiger partial charge in [-0.25, -0.2) is 4.98 Å². The molecule has 0 aliphatic heterocycles. The minimum absolute atomic E-state index is 0.816. The molecule has 0 saturated carbocycles. The molecule has 134 valence electrons. The maximum atomic E-state index is 4.94. The highest BCUT2D eigenvalue weighted by molar-refractivity contribution is 9.10. The number of rotatable bonds is 3. The fourth-order valence-corrected chi connectivity index (χ4v) is 3.90. The average molecular weight is 500 g/mol. The lowest BCUT2D eigenvalue weighted by Crippen LogP contribution is -1.84. The lowest BCUT2D eigenvalue weighted by atomic mass is 10.1. The van der Waals surface area contributed by atoms with E-state index in [-0.39, 0.29) is 0 Å². The van der Waals surface area contributed by atoms with E-state index in [0.717, 1.165) is 47.7 Å². The smallest absolute Gasteiger partial charge is 0.139 e. The average Bonchev–Trinajstić information content (AvgIpc) is 3.08. The van der Waals surface area contributed by atoms with Gasteiger partial charge < -0.3 is 4.98 Å². The highest BCUT2D eigenvalue weighted by atomic mass is 79.9. The third-order valence-corrected chi connectivity index (χ3v) is 5.79. The molecule has 0 aliphatic rings. The Balaban J connectivity index is 1.91. The van der Waals surface area contributed by atoms with E-state index in [1.807, 2.05) is 24.3 Å². The largest absolute Gasteiger partial charge is 0.337 e. The summed E-state index contributed by atoms with van der Waals surface area (Å²) in [4.78, 5) is 9.37. The van der Waals surface area contributed by atoms with Crippen LogP contribution in [0.1, 0.15) is 5.56 Å². The molecule has 3 aromatic carbocycles. The Morgan fingerprint density at radius 3 is 2.00 bits per heavy atom. The minimum atomic E-state index is 0.816. The predicted octanol–water partition coefficient (Wildman–Crippen LogP) is 7.53. The number of thiol groups is 1. The molecule has 2 nitrogen and oxygen atoms in total. The number of nitrogens with one attached hydrogen (secondary N) is 1. The number of halogens is 2. The Morgan fingerprint density at radius 1 is 0.815 bits per heavy atom. The van der Waals surface area contributed by atoms with Gasteiger partial charge in [0.1, 0.15) is 5.82 Å². The van der Waals surface area contributed by atoms with Crippen LogP contribution < -0.4 is 0 Å². The Labute approximate surface area is 180 Å². The van der Waals surface area contributed by atoms with Gasteiger partial charge in [0.25, 0.3) is 0 Å². The van der Waals surface area contributed by atoms with E-state index in [1.165, 1.54) is 5.56 Å². The topological polar surface area (TPSA) is 28.7 Å². The van der Waals surface area contributed by atoms with Gasteiger partial charge in [-0.3, -0.25) is 0 Å². The summed E-state index contributed by atoms with van der Waals surface area (Å²) in [7, 11) is 0. The monoisotopic (exact) mass is 498 g/mol. The summed E-state index contributed by atoms with van der Waals surface area (Å²) in [6, 6.07) is 22.7. The van der Waals surface area contributed by atoms with Crippen LogP contribution in [-0.2, 0) is 0 Å². The Bertz CT molecular complexity index is 1040. The normalized spacial score (nSPS) is 11.0. The molecule has 0 fully saturated rings. The van der Waals surface area contributed by atoms with E-state index in [0.29, 0.717) is 0 Å². The molecular formula is C22H16Br2N2S. The third kappa shape index (κ3) is 3.91. The van der Waals surface area contributed by atoms with Crippen molar-refractivity contribution in [3.05, 3.63) is 81.2 Å². The molecule has 0 amide bonds. The number of hydrogen-bond acceptors (Lipinski definition) is 2. The van der Waals surface area contributed by atoms with Gasteiger partial charge in [0.15, 0.2) is 0 Å². The van der Waals surface area contributed by atoms with Crippen molar-refractivity contribution in [2.45, 2.75) is 11.8 Å². The van der Waals surface area contributed by atoms with Crippen molar-refractivity contribution >= 4 is 44.5 Å². The second-order valence-electron chi connectivity index (χ2n) is 6.34. The Kier molecular flexibility index (Phi) is 5.26. The summed E-state index contributed by atoms with van der Waals surface area (Å²) >= 11 is 11.7. The first-order chi connectivity index (χ1) is 13.0. The maximum Gasteiger partial charge on any atom is 0.139 e.